The molecule has 1 aliphatic rings. The minimum absolute atomic E-state index is 0.250. The van der Waals surface area contributed by atoms with Gasteiger partial charge in [0.15, 0.2) is 11.5 Å². The Morgan fingerprint density at radius 3 is 2.67 bits per heavy atom. The molecule has 0 fully saturated rings. The normalized spacial score (nSPS) is 17.7. The average Bonchev–Trinajstić information content (AvgIpc) is 2.19. The van der Waals surface area contributed by atoms with E-state index in [0.717, 1.165) is 5.75 Å². The van der Waals surface area contributed by atoms with E-state index in [1.165, 1.54) is 0 Å². The highest BCUT2D eigenvalue weighted by molar-refractivity contribution is 9.42. The van der Waals surface area contributed by atoms with Gasteiger partial charge in [-0.2, -0.15) is 4.21 Å². The zero-order valence-electron chi connectivity index (χ0n) is 5.63. The van der Waals surface area contributed by atoms with Crippen LogP contribution in [0, 0.1) is 4.78 Å². The zero-order chi connectivity index (χ0) is 9.07. The maximum Gasteiger partial charge on any atom is 0.196 e. The molecule has 12 heavy (non-hydrogen) atoms. The van der Waals surface area contributed by atoms with Gasteiger partial charge in [-0.05, 0) is 44.7 Å². The fourth-order valence-electron chi connectivity index (χ4n) is 0.227. The molecule has 0 unspecified atom stereocenters. The Labute approximate surface area is 97.7 Å². The van der Waals surface area contributed by atoms with Crippen molar-refractivity contribution >= 4 is 72.4 Å². The first kappa shape index (κ1) is 13.7. The first-order chi connectivity index (χ1) is 5.91. The second-order valence-electron chi connectivity index (χ2n) is 1.11. The zero-order valence-corrected chi connectivity index (χ0v) is 11.3. The molecule has 1 N–H and O–H groups in total. The summed E-state index contributed by atoms with van der Waals surface area (Å²) in [7, 11) is 11.0. The second kappa shape index (κ2) is 12.7. The molecule has 0 saturated heterocycles. The molecule has 9 heteroatoms. The third-order valence-corrected chi connectivity index (χ3v) is 10.8. The Bertz CT molecular complexity index is 145. The molecule has 0 spiro atoms. The molecule has 1 rings (SSSR count). The van der Waals surface area contributed by atoms with Crippen molar-refractivity contribution < 1.29 is 4.21 Å². The summed E-state index contributed by atoms with van der Waals surface area (Å²) in [6.07, 6.45) is 2.20. The van der Waals surface area contributed by atoms with Crippen LogP contribution in [0.2, 0.25) is 0 Å². The summed E-state index contributed by atoms with van der Waals surface area (Å²) in [4.78, 5) is 0. The fraction of sp³-hybridized carbons (Fsp3) is 0.333. The van der Waals surface area contributed by atoms with E-state index in [-0.39, 0.29) is 11.5 Å². The summed E-state index contributed by atoms with van der Waals surface area (Å²) < 4.78 is 14.1. The van der Waals surface area contributed by atoms with E-state index in [9.17, 15) is 0 Å². The number of hydrogen-bond donors (Lipinski definition) is 1. The van der Waals surface area contributed by atoms with Crippen molar-refractivity contribution in [2.45, 2.75) is 0 Å². The Balaban J connectivity index is 0.000000354. The van der Waals surface area contributed by atoms with Crippen LogP contribution in [-0.4, -0.2) is 9.96 Å². The van der Waals surface area contributed by atoms with Crippen molar-refractivity contribution in [2.24, 2.45) is 0 Å². The van der Waals surface area contributed by atoms with Gasteiger partial charge in [0.25, 0.3) is 0 Å². The molecule has 0 aliphatic carbocycles. The van der Waals surface area contributed by atoms with Gasteiger partial charge in [-0.1, -0.05) is 27.7 Å². The third kappa shape index (κ3) is 11.7. The largest absolute Gasteiger partial charge is 0.210 e. The Kier molecular flexibility index (Phi) is 14.4. The molecule has 0 radical (unpaired) electrons. The van der Waals surface area contributed by atoms with E-state index < -0.39 is 0 Å². The Morgan fingerprint density at radius 1 is 1.25 bits per heavy atom. The van der Waals surface area contributed by atoms with E-state index in [0.29, 0.717) is 0 Å². The van der Waals surface area contributed by atoms with Crippen LogP contribution in [0.5, 0.6) is 0 Å². The number of nitrogens with one attached hydrogen (secondary N) is 1. The molecule has 70 valence electrons. The van der Waals surface area contributed by atoms with E-state index in [1.807, 2.05) is 50.1 Å². The lowest BCUT2D eigenvalue weighted by molar-refractivity contribution is 0.697. The minimum atomic E-state index is -0.250. The Hall–Kier alpha value is 1.66. The fourth-order valence-corrected chi connectivity index (χ4v) is 10.8. The van der Waals surface area contributed by atoms with Gasteiger partial charge in [0.2, 0.25) is 0 Å². The summed E-state index contributed by atoms with van der Waals surface area (Å²) >= 11 is -0.250. The highest BCUT2D eigenvalue weighted by Gasteiger charge is 1.94. The summed E-state index contributed by atoms with van der Waals surface area (Å²) in [6.45, 7) is 0. The molecule has 2 nitrogen and oxygen atoms in total. The summed E-state index contributed by atoms with van der Waals surface area (Å²) in [6, 6.07) is 0. The molecule has 0 saturated carbocycles. The standard InChI is InChI=1S/C3H4S6.HNOS/c1-2-4-6-8-9-7-5-3-1;1-3-2/h1-2H,3H2;1H. The Morgan fingerprint density at radius 2 is 1.92 bits per heavy atom. The van der Waals surface area contributed by atoms with Gasteiger partial charge in [-0.15, -0.1) is 0 Å². The van der Waals surface area contributed by atoms with Crippen LogP contribution >= 0.6 is 60.9 Å². The van der Waals surface area contributed by atoms with Gasteiger partial charge >= 0.3 is 0 Å². The molecule has 0 aromatic rings. The van der Waals surface area contributed by atoms with Gasteiger partial charge in [-0.25, -0.2) is 4.78 Å². The molecular weight excluding hydrogens is 291 g/mol. The molecule has 0 bridgehead atoms. The summed E-state index contributed by atoms with van der Waals surface area (Å²) in [5, 5.41) is 2.15. The maximum absolute atomic E-state index is 8.51. The second-order valence-corrected chi connectivity index (χ2v) is 10.7. The number of hydrogen-bond acceptors (Lipinski definition) is 8. The maximum atomic E-state index is 8.51. The highest BCUT2D eigenvalue weighted by atomic mass is 33.9. The molecular formula is C3H5NOS7. The van der Waals surface area contributed by atoms with Crippen molar-refractivity contribution in [3.05, 3.63) is 11.5 Å². The smallest absolute Gasteiger partial charge is 0.196 e. The van der Waals surface area contributed by atoms with E-state index in [1.54, 1.807) is 10.8 Å². The van der Waals surface area contributed by atoms with Crippen LogP contribution < -0.4 is 0 Å². The first-order valence-corrected chi connectivity index (χ1v) is 10.9. The van der Waals surface area contributed by atoms with E-state index >= 15 is 0 Å². The van der Waals surface area contributed by atoms with Crippen LogP contribution in [0.3, 0.4) is 0 Å². The van der Waals surface area contributed by atoms with E-state index in [2.05, 4.69) is 11.5 Å². The highest BCUT2D eigenvalue weighted by Crippen LogP contribution is 2.53. The molecule has 1 aliphatic heterocycles. The van der Waals surface area contributed by atoms with Crippen molar-refractivity contribution in [3.8, 4) is 0 Å². The lowest BCUT2D eigenvalue weighted by Gasteiger charge is -1.90. The lowest BCUT2D eigenvalue weighted by atomic mass is 10.8. The van der Waals surface area contributed by atoms with Crippen LogP contribution in [0.4, 0.5) is 0 Å². The van der Waals surface area contributed by atoms with Crippen LogP contribution in [0.15, 0.2) is 11.5 Å². The quantitative estimate of drug-likeness (QED) is 0.662. The monoisotopic (exact) mass is 295 g/mol. The SMILES string of the molecule is C1=CSSSSSSC1.N=S=O. The van der Waals surface area contributed by atoms with Crippen molar-refractivity contribution in [2.75, 3.05) is 5.75 Å². The van der Waals surface area contributed by atoms with Crippen molar-refractivity contribution in [1.29, 1.82) is 4.78 Å². The molecule has 0 amide bonds. The predicted octanol–water partition coefficient (Wildman–Crippen LogP) is 4.45. The van der Waals surface area contributed by atoms with Gasteiger partial charge in [0.1, 0.15) is 0 Å². The summed E-state index contributed by atoms with van der Waals surface area (Å²) in [5.41, 5.74) is 0. The molecule has 0 aromatic heterocycles. The van der Waals surface area contributed by atoms with Crippen LogP contribution in [-0.2, 0) is 11.5 Å². The number of rotatable bonds is 0. The molecule has 0 aromatic carbocycles. The van der Waals surface area contributed by atoms with E-state index in [4.69, 9.17) is 8.99 Å². The average molecular weight is 296 g/mol. The van der Waals surface area contributed by atoms with Gasteiger partial charge < -0.3 is 0 Å². The topological polar surface area (TPSA) is 40.9 Å². The molecule has 1 heterocycles. The third-order valence-electron chi connectivity index (χ3n) is 0.487. The lowest BCUT2D eigenvalue weighted by Crippen LogP contribution is -1.57. The van der Waals surface area contributed by atoms with Crippen LogP contribution in [0.25, 0.3) is 0 Å². The molecule has 0 atom stereocenters. The van der Waals surface area contributed by atoms with Crippen LogP contribution in [0.1, 0.15) is 0 Å². The predicted molar refractivity (Wildman–Crippen MR) is 70.4 cm³/mol. The van der Waals surface area contributed by atoms with Gasteiger partial charge in [0.05, 0.1) is 0 Å². The van der Waals surface area contributed by atoms with Gasteiger partial charge in [-0.3, -0.25) is 0 Å². The first-order valence-electron chi connectivity index (χ1n) is 2.47. The van der Waals surface area contributed by atoms with Crippen molar-refractivity contribution in [1.82, 2.24) is 0 Å². The summed E-state index contributed by atoms with van der Waals surface area (Å²) in [5.74, 6) is 1.13. The minimum Gasteiger partial charge on any atom is -0.210 e. The van der Waals surface area contributed by atoms with Gasteiger partial charge in [0, 0.05) is 5.75 Å². The van der Waals surface area contributed by atoms with Crippen molar-refractivity contribution in [3.63, 3.8) is 0 Å².